The molecule has 94 valence electrons. The Bertz CT molecular complexity index is 561. The normalized spacial score (nSPS) is 10.2. The second-order valence-electron chi connectivity index (χ2n) is 4.05. The summed E-state index contributed by atoms with van der Waals surface area (Å²) >= 11 is 0. The van der Waals surface area contributed by atoms with Gasteiger partial charge in [0.15, 0.2) is 0 Å². The molecular formula is C13H15N3O2. The Balaban J connectivity index is 2.38. The molecule has 0 aliphatic carbocycles. The van der Waals surface area contributed by atoms with Gasteiger partial charge in [-0.1, -0.05) is 12.1 Å². The van der Waals surface area contributed by atoms with Crippen LogP contribution >= 0.6 is 0 Å². The van der Waals surface area contributed by atoms with Gasteiger partial charge in [0, 0.05) is 20.3 Å². The SMILES string of the molecule is COc1ccccc1-n1cc(C(=O)N(C)C)cn1. The third-order valence-corrected chi connectivity index (χ3v) is 2.57. The summed E-state index contributed by atoms with van der Waals surface area (Å²) in [5, 5.41) is 4.19. The first kappa shape index (κ1) is 12.2. The molecule has 0 unspecified atom stereocenters. The van der Waals surface area contributed by atoms with E-state index >= 15 is 0 Å². The van der Waals surface area contributed by atoms with Crippen LogP contribution in [0.1, 0.15) is 10.4 Å². The molecule has 0 bridgehead atoms. The average Bonchev–Trinajstić information content (AvgIpc) is 2.87. The Kier molecular flexibility index (Phi) is 3.32. The molecule has 1 aromatic heterocycles. The van der Waals surface area contributed by atoms with Crippen LogP contribution in [-0.4, -0.2) is 41.8 Å². The lowest BCUT2D eigenvalue weighted by molar-refractivity contribution is 0.0827. The van der Waals surface area contributed by atoms with Gasteiger partial charge < -0.3 is 9.64 Å². The highest BCUT2D eigenvalue weighted by Gasteiger charge is 2.12. The van der Waals surface area contributed by atoms with E-state index in [4.69, 9.17) is 4.74 Å². The highest BCUT2D eigenvalue weighted by Crippen LogP contribution is 2.21. The molecule has 0 fully saturated rings. The largest absolute Gasteiger partial charge is 0.494 e. The minimum atomic E-state index is -0.0730. The first-order chi connectivity index (χ1) is 8.63. The van der Waals surface area contributed by atoms with E-state index in [0.29, 0.717) is 11.3 Å². The molecule has 0 atom stereocenters. The smallest absolute Gasteiger partial charge is 0.256 e. The molecule has 0 radical (unpaired) electrons. The summed E-state index contributed by atoms with van der Waals surface area (Å²) in [6.45, 7) is 0. The van der Waals surface area contributed by atoms with E-state index in [9.17, 15) is 4.79 Å². The van der Waals surface area contributed by atoms with Gasteiger partial charge in [-0.3, -0.25) is 4.79 Å². The lowest BCUT2D eigenvalue weighted by Crippen LogP contribution is -2.21. The number of nitrogens with zero attached hydrogens (tertiary/aromatic N) is 3. The second-order valence-corrected chi connectivity index (χ2v) is 4.05. The van der Waals surface area contributed by atoms with Gasteiger partial charge in [0.2, 0.25) is 0 Å². The minimum Gasteiger partial charge on any atom is -0.494 e. The maximum absolute atomic E-state index is 11.8. The molecule has 5 heteroatoms. The summed E-state index contributed by atoms with van der Waals surface area (Å²) in [5.41, 5.74) is 1.35. The van der Waals surface area contributed by atoms with Crippen molar-refractivity contribution in [1.29, 1.82) is 0 Å². The third-order valence-electron chi connectivity index (χ3n) is 2.57. The van der Waals surface area contributed by atoms with Gasteiger partial charge in [-0.25, -0.2) is 4.68 Å². The van der Waals surface area contributed by atoms with E-state index in [1.807, 2.05) is 24.3 Å². The Labute approximate surface area is 106 Å². The Hall–Kier alpha value is -2.30. The molecule has 0 spiro atoms. The summed E-state index contributed by atoms with van der Waals surface area (Å²) in [4.78, 5) is 13.3. The molecule has 2 rings (SSSR count). The van der Waals surface area contributed by atoms with E-state index in [-0.39, 0.29) is 5.91 Å². The molecule has 0 aliphatic rings. The monoisotopic (exact) mass is 245 g/mol. The summed E-state index contributed by atoms with van der Waals surface area (Å²) in [6.07, 6.45) is 3.24. The Morgan fingerprint density at radius 1 is 1.33 bits per heavy atom. The molecular weight excluding hydrogens is 230 g/mol. The molecule has 0 N–H and O–H groups in total. The summed E-state index contributed by atoms with van der Waals surface area (Å²) in [6, 6.07) is 7.52. The molecule has 1 aromatic carbocycles. The van der Waals surface area contributed by atoms with Crippen molar-refractivity contribution in [1.82, 2.24) is 14.7 Å². The van der Waals surface area contributed by atoms with E-state index < -0.39 is 0 Å². The number of benzene rings is 1. The Morgan fingerprint density at radius 2 is 2.06 bits per heavy atom. The zero-order valence-corrected chi connectivity index (χ0v) is 10.6. The Morgan fingerprint density at radius 3 is 2.72 bits per heavy atom. The first-order valence-electron chi connectivity index (χ1n) is 5.53. The third kappa shape index (κ3) is 2.20. The lowest BCUT2D eigenvalue weighted by atomic mass is 10.3. The number of carbonyl (C=O) groups is 1. The van der Waals surface area contributed by atoms with Crippen molar-refractivity contribution in [3.8, 4) is 11.4 Å². The fourth-order valence-corrected chi connectivity index (χ4v) is 1.64. The number of para-hydroxylation sites is 2. The number of rotatable bonds is 3. The molecule has 5 nitrogen and oxygen atoms in total. The minimum absolute atomic E-state index is 0.0730. The van der Waals surface area contributed by atoms with Crippen LogP contribution < -0.4 is 4.74 Å². The molecule has 0 saturated heterocycles. The standard InChI is InChI=1S/C13H15N3O2/c1-15(2)13(17)10-8-14-16(9-10)11-6-4-5-7-12(11)18-3/h4-9H,1-3H3. The van der Waals surface area contributed by atoms with Crippen molar-refractivity contribution >= 4 is 5.91 Å². The van der Waals surface area contributed by atoms with E-state index in [1.54, 1.807) is 38.3 Å². The van der Waals surface area contributed by atoms with Crippen molar-refractivity contribution < 1.29 is 9.53 Å². The van der Waals surface area contributed by atoms with Gasteiger partial charge in [-0.05, 0) is 12.1 Å². The number of aromatic nitrogens is 2. The van der Waals surface area contributed by atoms with Crippen LogP contribution in [0.5, 0.6) is 5.75 Å². The maximum atomic E-state index is 11.8. The number of hydrogen-bond acceptors (Lipinski definition) is 3. The zero-order chi connectivity index (χ0) is 13.1. The number of amides is 1. The van der Waals surface area contributed by atoms with Gasteiger partial charge in [0.05, 0.1) is 18.9 Å². The van der Waals surface area contributed by atoms with Crippen LogP contribution in [0.15, 0.2) is 36.7 Å². The van der Waals surface area contributed by atoms with Crippen molar-refractivity contribution in [3.05, 3.63) is 42.2 Å². The van der Waals surface area contributed by atoms with Gasteiger partial charge in [-0.2, -0.15) is 5.10 Å². The van der Waals surface area contributed by atoms with Crippen LogP contribution in [0, 0.1) is 0 Å². The molecule has 2 aromatic rings. The number of methoxy groups -OCH3 is 1. The van der Waals surface area contributed by atoms with E-state index in [1.165, 1.54) is 4.90 Å². The summed E-state index contributed by atoms with van der Waals surface area (Å²) in [5.74, 6) is 0.639. The van der Waals surface area contributed by atoms with Crippen LogP contribution in [0.25, 0.3) is 5.69 Å². The van der Waals surface area contributed by atoms with Crippen LogP contribution in [0.2, 0.25) is 0 Å². The van der Waals surface area contributed by atoms with Gasteiger partial charge >= 0.3 is 0 Å². The fourth-order valence-electron chi connectivity index (χ4n) is 1.64. The fraction of sp³-hybridized carbons (Fsp3) is 0.231. The van der Waals surface area contributed by atoms with E-state index in [2.05, 4.69) is 5.10 Å². The molecule has 1 amide bonds. The number of carbonyl (C=O) groups excluding carboxylic acids is 1. The topological polar surface area (TPSA) is 47.4 Å². The second kappa shape index (κ2) is 4.91. The molecule has 18 heavy (non-hydrogen) atoms. The van der Waals surface area contributed by atoms with E-state index in [0.717, 1.165) is 5.69 Å². The number of hydrogen-bond donors (Lipinski definition) is 0. The van der Waals surface area contributed by atoms with Crippen molar-refractivity contribution in [2.45, 2.75) is 0 Å². The quantitative estimate of drug-likeness (QED) is 0.825. The molecule has 0 aliphatic heterocycles. The van der Waals surface area contributed by atoms with Crippen LogP contribution in [0.3, 0.4) is 0 Å². The highest BCUT2D eigenvalue weighted by molar-refractivity contribution is 5.93. The summed E-state index contributed by atoms with van der Waals surface area (Å²) in [7, 11) is 5.03. The zero-order valence-electron chi connectivity index (χ0n) is 10.6. The van der Waals surface area contributed by atoms with Gasteiger partial charge in [0.1, 0.15) is 11.4 Å². The predicted octanol–water partition coefficient (Wildman–Crippen LogP) is 1.58. The highest BCUT2D eigenvalue weighted by atomic mass is 16.5. The van der Waals surface area contributed by atoms with Gasteiger partial charge in [0.25, 0.3) is 5.91 Å². The van der Waals surface area contributed by atoms with Crippen molar-refractivity contribution in [2.24, 2.45) is 0 Å². The lowest BCUT2D eigenvalue weighted by Gasteiger charge is -2.08. The number of ether oxygens (including phenoxy) is 1. The van der Waals surface area contributed by atoms with Gasteiger partial charge in [-0.15, -0.1) is 0 Å². The predicted molar refractivity (Wildman–Crippen MR) is 68.1 cm³/mol. The molecule has 1 heterocycles. The average molecular weight is 245 g/mol. The van der Waals surface area contributed by atoms with Crippen molar-refractivity contribution in [2.75, 3.05) is 21.2 Å². The summed E-state index contributed by atoms with van der Waals surface area (Å²) < 4.78 is 6.90. The van der Waals surface area contributed by atoms with Crippen LogP contribution in [-0.2, 0) is 0 Å². The molecule has 0 saturated carbocycles. The maximum Gasteiger partial charge on any atom is 0.256 e. The van der Waals surface area contributed by atoms with Crippen LogP contribution in [0.4, 0.5) is 0 Å². The first-order valence-corrected chi connectivity index (χ1v) is 5.53. The van der Waals surface area contributed by atoms with Crippen molar-refractivity contribution in [3.63, 3.8) is 0 Å².